The lowest BCUT2D eigenvalue weighted by molar-refractivity contribution is 0.354. The van der Waals surface area contributed by atoms with Crippen molar-refractivity contribution >= 4 is 26.9 Å². The molecule has 1 heterocycles. The molecule has 1 aromatic carbocycles. The van der Waals surface area contributed by atoms with Gasteiger partial charge in [-0.3, -0.25) is 4.79 Å². The van der Waals surface area contributed by atoms with Gasteiger partial charge in [0.2, 0.25) is 0 Å². The molecular formula is C17H16BrNO2. The van der Waals surface area contributed by atoms with Gasteiger partial charge in [-0.25, -0.2) is 0 Å². The van der Waals surface area contributed by atoms with Gasteiger partial charge < -0.3 is 4.42 Å². The van der Waals surface area contributed by atoms with Gasteiger partial charge in [0.15, 0.2) is 5.43 Å². The quantitative estimate of drug-likeness (QED) is 0.757. The van der Waals surface area contributed by atoms with Gasteiger partial charge in [0.05, 0.1) is 22.2 Å². The summed E-state index contributed by atoms with van der Waals surface area (Å²) in [5, 5.41) is 9.49. The van der Waals surface area contributed by atoms with E-state index in [2.05, 4.69) is 22.0 Å². The molecule has 1 fully saturated rings. The Labute approximate surface area is 131 Å². The van der Waals surface area contributed by atoms with Crippen LogP contribution in [-0.2, 0) is 10.7 Å². The van der Waals surface area contributed by atoms with Gasteiger partial charge in [-0.15, -0.1) is 0 Å². The van der Waals surface area contributed by atoms with Crippen LogP contribution in [0.15, 0.2) is 33.5 Å². The summed E-state index contributed by atoms with van der Waals surface area (Å²) < 4.78 is 5.83. The Morgan fingerprint density at radius 1 is 1.29 bits per heavy atom. The standard InChI is InChI=1S/C17H16BrNO2/c18-17(8-2-1-3-9-17)15-11-14(20)13-6-4-5-12(7-10-19)16(13)21-15/h4-6,11H,1-3,7-9H2. The van der Waals surface area contributed by atoms with Crippen molar-refractivity contribution in [3.63, 3.8) is 0 Å². The van der Waals surface area contributed by atoms with E-state index in [4.69, 9.17) is 9.68 Å². The maximum Gasteiger partial charge on any atom is 0.193 e. The van der Waals surface area contributed by atoms with Gasteiger partial charge in [0, 0.05) is 11.6 Å². The van der Waals surface area contributed by atoms with E-state index in [1.807, 2.05) is 6.07 Å². The van der Waals surface area contributed by atoms with Crippen LogP contribution < -0.4 is 5.43 Å². The van der Waals surface area contributed by atoms with Crippen LogP contribution >= 0.6 is 15.9 Å². The minimum Gasteiger partial charge on any atom is -0.459 e. The number of hydrogen-bond acceptors (Lipinski definition) is 3. The number of halogens is 1. The van der Waals surface area contributed by atoms with Crippen molar-refractivity contribution in [3.8, 4) is 6.07 Å². The second kappa shape index (κ2) is 5.65. The molecule has 4 heteroatoms. The predicted molar refractivity (Wildman–Crippen MR) is 85.5 cm³/mol. The highest BCUT2D eigenvalue weighted by Gasteiger charge is 2.34. The summed E-state index contributed by atoms with van der Waals surface area (Å²) in [7, 11) is 0. The fraction of sp³-hybridized carbons (Fsp3) is 0.412. The zero-order chi connectivity index (χ0) is 14.9. The Kier molecular flexibility index (Phi) is 3.86. The monoisotopic (exact) mass is 345 g/mol. The largest absolute Gasteiger partial charge is 0.459 e. The number of fused-ring (bicyclic) bond motifs is 1. The first-order valence-electron chi connectivity index (χ1n) is 7.26. The zero-order valence-electron chi connectivity index (χ0n) is 11.7. The molecule has 0 saturated heterocycles. The second-order valence-corrected chi connectivity index (χ2v) is 7.15. The molecular weight excluding hydrogens is 330 g/mol. The van der Waals surface area contributed by atoms with E-state index in [0.717, 1.165) is 31.2 Å². The summed E-state index contributed by atoms with van der Waals surface area (Å²) in [5.41, 5.74) is 1.31. The molecule has 0 atom stereocenters. The van der Waals surface area contributed by atoms with Gasteiger partial charge in [-0.2, -0.15) is 5.26 Å². The van der Waals surface area contributed by atoms with E-state index in [1.165, 1.54) is 6.42 Å². The van der Waals surface area contributed by atoms with E-state index < -0.39 is 0 Å². The number of rotatable bonds is 2. The second-order valence-electron chi connectivity index (χ2n) is 5.63. The van der Waals surface area contributed by atoms with Crippen LogP contribution in [0.1, 0.15) is 43.4 Å². The smallest absolute Gasteiger partial charge is 0.193 e. The molecule has 108 valence electrons. The van der Waals surface area contributed by atoms with Crippen LogP contribution in [0.2, 0.25) is 0 Å². The first-order valence-corrected chi connectivity index (χ1v) is 8.05. The summed E-state index contributed by atoms with van der Waals surface area (Å²) in [6.45, 7) is 0. The van der Waals surface area contributed by atoms with Crippen LogP contribution in [0, 0.1) is 11.3 Å². The van der Waals surface area contributed by atoms with E-state index in [0.29, 0.717) is 16.7 Å². The van der Waals surface area contributed by atoms with E-state index in [1.54, 1.807) is 18.2 Å². The molecule has 0 unspecified atom stereocenters. The third kappa shape index (κ3) is 2.63. The van der Waals surface area contributed by atoms with E-state index >= 15 is 0 Å². The van der Waals surface area contributed by atoms with Crippen molar-refractivity contribution in [2.75, 3.05) is 0 Å². The molecule has 1 aromatic heterocycles. The average molecular weight is 346 g/mol. The molecule has 1 aliphatic rings. The number of benzene rings is 1. The van der Waals surface area contributed by atoms with Gasteiger partial charge >= 0.3 is 0 Å². The molecule has 0 aliphatic heterocycles. The lowest BCUT2D eigenvalue weighted by atomic mass is 9.87. The molecule has 3 nitrogen and oxygen atoms in total. The van der Waals surface area contributed by atoms with Crippen molar-refractivity contribution in [1.82, 2.24) is 0 Å². The van der Waals surface area contributed by atoms with Crippen molar-refractivity contribution in [3.05, 3.63) is 45.8 Å². The molecule has 0 amide bonds. The van der Waals surface area contributed by atoms with Crippen LogP contribution in [0.25, 0.3) is 11.0 Å². The lowest BCUT2D eigenvalue weighted by Gasteiger charge is -2.30. The van der Waals surface area contributed by atoms with Crippen LogP contribution in [0.3, 0.4) is 0 Å². The average Bonchev–Trinajstić information content (AvgIpc) is 2.49. The number of nitrogens with zero attached hydrogens (tertiary/aromatic N) is 1. The van der Waals surface area contributed by atoms with Gasteiger partial charge in [0.1, 0.15) is 11.3 Å². The third-order valence-corrected chi connectivity index (χ3v) is 5.38. The molecule has 0 spiro atoms. The van der Waals surface area contributed by atoms with Crippen molar-refractivity contribution in [1.29, 1.82) is 5.26 Å². The van der Waals surface area contributed by atoms with Crippen LogP contribution in [-0.4, -0.2) is 0 Å². The Morgan fingerprint density at radius 3 is 2.76 bits per heavy atom. The number of hydrogen-bond donors (Lipinski definition) is 0. The van der Waals surface area contributed by atoms with E-state index in [9.17, 15) is 4.79 Å². The van der Waals surface area contributed by atoms with Gasteiger partial charge in [-0.05, 0) is 18.9 Å². The maximum absolute atomic E-state index is 12.4. The van der Waals surface area contributed by atoms with Crippen molar-refractivity contribution < 1.29 is 4.42 Å². The summed E-state index contributed by atoms with van der Waals surface area (Å²) in [4.78, 5) is 12.4. The Bertz CT molecular complexity index is 766. The highest BCUT2D eigenvalue weighted by atomic mass is 79.9. The van der Waals surface area contributed by atoms with Gasteiger partial charge in [0.25, 0.3) is 0 Å². The van der Waals surface area contributed by atoms with Crippen LogP contribution in [0.4, 0.5) is 0 Å². The number of para-hydroxylation sites is 1. The fourth-order valence-corrected chi connectivity index (χ4v) is 3.80. The highest BCUT2D eigenvalue weighted by Crippen LogP contribution is 2.44. The van der Waals surface area contributed by atoms with E-state index in [-0.39, 0.29) is 16.2 Å². The Morgan fingerprint density at radius 2 is 2.05 bits per heavy atom. The molecule has 1 saturated carbocycles. The first kappa shape index (κ1) is 14.3. The first-order chi connectivity index (χ1) is 10.1. The fourth-order valence-electron chi connectivity index (χ4n) is 3.04. The van der Waals surface area contributed by atoms with Crippen LogP contribution in [0.5, 0.6) is 0 Å². The molecule has 3 rings (SSSR count). The highest BCUT2D eigenvalue weighted by molar-refractivity contribution is 9.09. The lowest BCUT2D eigenvalue weighted by Crippen LogP contribution is -2.23. The third-order valence-electron chi connectivity index (χ3n) is 4.19. The molecule has 21 heavy (non-hydrogen) atoms. The number of alkyl halides is 1. The van der Waals surface area contributed by atoms with Crippen molar-refractivity contribution in [2.24, 2.45) is 0 Å². The predicted octanol–water partition coefficient (Wildman–Crippen LogP) is 4.41. The molecule has 0 N–H and O–H groups in total. The Hall–Kier alpha value is -1.60. The summed E-state index contributed by atoms with van der Waals surface area (Å²) in [6.07, 6.45) is 5.69. The topological polar surface area (TPSA) is 54.0 Å². The molecule has 1 aliphatic carbocycles. The van der Waals surface area contributed by atoms with Crippen molar-refractivity contribution in [2.45, 2.75) is 42.8 Å². The Balaban J connectivity index is 2.20. The number of nitriles is 1. The summed E-state index contributed by atoms with van der Waals surface area (Å²) in [5.74, 6) is 0.699. The summed E-state index contributed by atoms with van der Waals surface area (Å²) >= 11 is 3.79. The molecule has 0 radical (unpaired) electrons. The molecule has 2 aromatic rings. The zero-order valence-corrected chi connectivity index (χ0v) is 13.3. The minimum absolute atomic E-state index is 0.0320. The van der Waals surface area contributed by atoms with Gasteiger partial charge in [-0.1, -0.05) is 47.3 Å². The maximum atomic E-state index is 12.4. The normalized spacial score (nSPS) is 17.5. The minimum atomic E-state index is -0.238. The SMILES string of the molecule is N#CCc1cccc2c(=O)cc(C3(Br)CCCCC3)oc12. The molecule has 0 bridgehead atoms. The summed E-state index contributed by atoms with van der Waals surface area (Å²) in [6, 6.07) is 9.15.